The first-order valence-electron chi connectivity index (χ1n) is 9.70. The van der Waals surface area contributed by atoms with Crippen LogP contribution in [0.25, 0.3) is 0 Å². The lowest BCUT2D eigenvalue weighted by Gasteiger charge is -2.31. The molecule has 0 unspecified atom stereocenters. The quantitative estimate of drug-likeness (QED) is 0.361. The number of pyridine rings is 1. The van der Waals surface area contributed by atoms with Gasteiger partial charge in [-0.2, -0.15) is 0 Å². The fourth-order valence-corrected chi connectivity index (χ4v) is 3.81. The predicted molar refractivity (Wildman–Crippen MR) is 122 cm³/mol. The molecule has 3 amide bonds. The van der Waals surface area contributed by atoms with E-state index in [9.17, 15) is 14.7 Å². The van der Waals surface area contributed by atoms with Crippen molar-refractivity contribution in [2.45, 2.75) is 12.8 Å². The molecule has 0 bridgehead atoms. The summed E-state index contributed by atoms with van der Waals surface area (Å²) in [5, 5.41) is 19.7. The average molecular weight is 487 g/mol. The number of carbonyl (C=O) groups is 2. The SMILES string of the molecule is O=C(Nc1cc(Cl)ccc1O)C1CCN(C(=O)NCCNc2ncc(Cl)cc2Cl)CC1. The maximum absolute atomic E-state index is 12.5. The molecule has 1 aromatic carbocycles. The van der Waals surface area contributed by atoms with Crippen molar-refractivity contribution in [1.82, 2.24) is 15.2 Å². The van der Waals surface area contributed by atoms with Crippen LogP contribution in [0, 0.1) is 5.92 Å². The minimum absolute atomic E-state index is 0.0433. The zero-order chi connectivity index (χ0) is 22.4. The minimum Gasteiger partial charge on any atom is -0.506 e. The number of aromatic nitrogens is 1. The normalized spacial score (nSPS) is 14.2. The van der Waals surface area contributed by atoms with Gasteiger partial charge in [-0.05, 0) is 37.1 Å². The highest BCUT2D eigenvalue weighted by molar-refractivity contribution is 6.36. The zero-order valence-corrected chi connectivity index (χ0v) is 18.8. The van der Waals surface area contributed by atoms with Gasteiger partial charge in [0.15, 0.2) is 0 Å². The van der Waals surface area contributed by atoms with Crippen LogP contribution in [-0.2, 0) is 4.79 Å². The molecule has 1 aliphatic rings. The Balaban J connectivity index is 1.39. The lowest BCUT2D eigenvalue weighted by Crippen LogP contribution is -2.47. The number of anilines is 2. The molecule has 0 radical (unpaired) electrons. The molecule has 4 N–H and O–H groups in total. The molecule has 0 aliphatic carbocycles. The van der Waals surface area contributed by atoms with Gasteiger partial charge in [-0.3, -0.25) is 4.79 Å². The van der Waals surface area contributed by atoms with E-state index in [1.807, 2.05) is 0 Å². The smallest absolute Gasteiger partial charge is 0.317 e. The number of hydrogen-bond acceptors (Lipinski definition) is 5. The van der Waals surface area contributed by atoms with E-state index in [-0.39, 0.29) is 29.3 Å². The van der Waals surface area contributed by atoms with Gasteiger partial charge in [0.1, 0.15) is 11.6 Å². The van der Waals surface area contributed by atoms with E-state index in [0.29, 0.717) is 59.9 Å². The molecule has 0 atom stereocenters. The second kappa shape index (κ2) is 10.7. The molecule has 2 aromatic rings. The van der Waals surface area contributed by atoms with Crippen LogP contribution in [0.4, 0.5) is 16.3 Å². The predicted octanol–water partition coefficient (Wildman–Crippen LogP) is 4.22. The Morgan fingerprint density at radius 1 is 1.10 bits per heavy atom. The van der Waals surface area contributed by atoms with Gasteiger partial charge < -0.3 is 26.0 Å². The van der Waals surface area contributed by atoms with E-state index in [1.54, 1.807) is 17.0 Å². The number of halogens is 3. The van der Waals surface area contributed by atoms with Gasteiger partial charge >= 0.3 is 6.03 Å². The van der Waals surface area contributed by atoms with Gasteiger partial charge in [-0.15, -0.1) is 0 Å². The van der Waals surface area contributed by atoms with Crippen LogP contribution in [0.2, 0.25) is 15.1 Å². The standard InChI is InChI=1S/C20H22Cl3N5O3/c21-13-1-2-17(29)16(10-13)27-19(30)12-3-7-28(8-4-12)20(31)25-6-5-24-18-15(23)9-14(22)11-26-18/h1-2,9-12,29H,3-8H2,(H,24,26)(H,25,31)(H,27,30). The van der Waals surface area contributed by atoms with E-state index in [0.717, 1.165) is 0 Å². The number of urea groups is 1. The highest BCUT2D eigenvalue weighted by Crippen LogP contribution is 2.28. The summed E-state index contributed by atoms with van der Waals surface area (Å²) in [5.41, 5.74) is 0.278. The fraction of sp³-hybridized carbons (Fsp3) is 0.350. The molecule has 1 fully saturated rings. The second-order valence-electron chi connectivity index (χ2n) is 7.05. The number of amides is 3. The van der Waals surface area contributed by atoms with Crippen molar-refractivity contribution < 1.29 is 14.7 Å². The summed E-state index contributed by atoms with van der Waals surface area (Å²) >= 11 is 17.8. The number of rotatable bonds is 6. The molecular weight excluding hydrogens is 465 g/mol. The van der Waals surface area contributed by atoms with Crippen LogP contribution in [0.5, 0.6) is 5.75 Å². The summed E-state index contributed by atoms with van der Waals surface area (Å²) in [4.78, 5) is 30.6. The molecule has 0 spiro atoms. The number of piperidine rings is 1. The topological polar surface area (TPSA) is 107 Å². The number of likely N-dealkylation sites (tertiary alicyclic amines) is 1. The minimum atomic E-state index is -0.248. The summed E-state index contributed by atoms with van der Waals surface area (Å²) < 4.78 is 0. The number of carbonyl (C=O) groups excluding carboxylic acids is 2. The van der Waals surface area contributed by atoms with Gasteiger partial charge in [-0.1, -0.05) is 34.8 Å². The molecular formula is C20H22Cl3N5O3. The number of benzene rings is 1. The number of hydrogen-bond donors (Lipinski definition) is 4. The van der Waals surface area contributed by atoms with Crippen LogP contribution in [0.15, 0.2) is 30.5 Å². The first kappa shape index (κ1) is 23.2. The Hall–Kier alpha value is -2.42. The van der Waals surface area contributed by atoms with Crippen molar-refractivity contribution in [3.05, 3.63) is 45.5 Å². The number of nitrogens with one attached hydrogen (secondary N) is 3. The van der Waals surface area contributed by atoms with Crippen molar-refractivity contribution in [3.8, 4) is 5.75 Å². The van der Waals surface area contributed by atoms with Crippen molar-refractivity contribution >= 4 is 58.2 Å². The Morgan fingerprint density at radius 3 is 2.55 bits per heavy atom. The van der Waals surface area contributed by atoms with Crippen molar-refractivity contribution in [3.63, 3.8) is 0 Å². The summed E-state index contributed by atoms with van der Waals surface area (Å²) in [7, 11) is 0. The number of phenols is 1. The maximum Gasteiger partial charge on any atom is 0.317 e. The van der Waals surface area contributed by atoms with E-state index in [2.05, 4.69) is 20.9 Å². The summed E-state index contributed by atoms with van der Waals surface area (Å²) in [6.07, 6.45) is 2.55. The summed E-state index contributed by atoms with van der Waals surface area (Å²) in [5.74, 6) is 0.00697. The van der Waals surface area contributed by atoms with E-state index >= 15 is 0 Å². The van der Waals surface area contributed by atoms with Crippen LogP contribution in [-0.4, -0.2) is 53.1 Å². The monoisotopic (exact) mass is 485 g/mol. The average Bonchev–Trinajstić information content (AvgIpc) is 2.75. The molecule has 2 heterocycles. The van der Waals surface area contributed by atoms with E-state index < -0.39 is 0 Å². The fourth-order valence-electron chi connectivity index (χ4n) is 3.19. The van der Waals surface area contributed by atoms with Crippen molar-refractivity contribution in [2.24, 2.45) is 5.92 Å². The lowest BCUT2D eigenvalue weighted by atomic mass is 9.96. The van der Waals surface area contributed by atoms with Crippen LogP contribution < -0.4 is 16.0 Å². The Kier molecular flexibility index (Phi) is 8.06. The van der Waals surface area contributed by atoms with E-state index in [4.69, 9.17) is 34.8 Å². The van der Waals surface area contributed by atoms with Gasteiger partial charge in [0, 0.05) is 43.3 Å². The number of aromatic hydroxyl groups is 1. The first-order chi connectivity index (χ1) is 14.8. The van der Waals surface area contributed by atoms with Gasteiger partial charge in [-0.25, -0.2) is 9.78 Å². The summed E-state index contributed by atoms with van der Waals surface area (Å²) in [6.45, 7) is 1.75. The summed E-state index contributed by atoms with van der Waals surface area (Å²) in [6, 6.07) is 5.86. The molecule has 166 valence electrons. The van der Waals surface area contributed by atoms with Crippen LogP contribution in [0.3, 0.4) is 0 Å². The molecule has 0 saturated carbocycles. The number of nitrogens with zero attached hydrogens (tertiary/aromatic N) is 2. The Labute approximate surface area is 194 Å². The second-order valence-corrected chi connectivity index (χ2v) is 8.33. The molecule has 31 heavy (non-hydrogen) atoms. The van der Waals surface area contributed by atoms with Crippen LogP contribution in [0.1, 0.15) is 12.8 Å². The first-order valence-corrected chi connectivity index (χ1v) is 10.8. The zero-order valence-electron chi connectivity index (χ0n) is 16.5. The van der Waals surface area contributed by atoms with Gasteiger partial charge in [0.05, 0.1) is 15.7 Å². The van der Waals surface area contributed by atoms with Crippen LogP contribution >= 0.6 is 34.8 Å². The highest BCUT2D eigenvalue weighted by atomic mass is 35.5. The van der Waals surface area contributed by atoms with E-state index in [1.165, 1.54) is 18.3 Å². The molecule has 1 saturated heterocycles. The third kappa shape index (κ3) is 6.53. The van der Waals surface area contributed by atoms with Crippen molar-refractivity contribution in [2.75, 3.05) is 36.8 Å². The number of phenolic OH excluding ortho intramolecular Hbond substituents is 1. The highest BCUT2D eigenvalue weighted by Gasteiger charge is 2.27. The molecule has 1 aromatic heterocycles. The van der Waals surface area contributed by atoms with Gasteiger partial charge in [0.2, 0.25) is 5.91 Å². The Bertz CT molecular complexity index is 952. The van der Waals surface area contributed by atoms with Gasteiger partial charge in [0.25, 0.3) is 0 Å². The molecule has 8 nitrogen and oxygen atoms in total. The molecule has 11 heteroatoms. The molecule has 1 aliphatic heterocycles. The van der Waals surface area contributed by atoms with Crippen molar-refractivity contribution in [1.29, 1.82) is 0 Å². The lowest BCUT2D eigenvalue weighted by molar-refractivity contribution is -0.121. The molecule has 3 rings (SSSR count). The maximum atomic E-state index is 12.5. The third-order valence-electron chi connectivity index (χ3n) is 4.87. The third-order valence-corrected chi connectivity index (χ3v) is 5.60. The Morgan fingerprint density at radius 2 is 1.84 bits per heavy atom. The largest absolute Gasteiger partial charge is 0.506 e.